The quantitative estimate of drug-likeness (QED) is 0.223. The van der Waals surface area contributed by atoms with E-state index >= 15 is 0 Å². The number of amides is 2. The molecule has 2 aromatic rings. The second-order valence-electron chi connectivity index (χ2n) is 7.29. The number of anilines is 2. The third-order valence-electron chi connectivity index (χ3n) is 4.43. The zero-order chi connectivity index (χ0) is 26.2. The fraction of sp³-hybridized carbons (Fsp3) is 0.308. The maximum atomic E-state index is 13.4. The summed E-state index contributed by atoms with van der Waals surface area (Å²) in [5, 5.41) is 4.40. The summed E-state index contributed by atoms with van der Waals surface area (Å²) in [6.45, 7) is 0.252. The zero-order valence-corrected chi connectivity index (χ0v) is 19.3. The first-order valence-electron chi connectivity index (χ1n) is 11.1. The molecule has 0 heterocycles. The number of hydrogen-bond donors (Lipinski definition) is 2. The fourth-order valence-corrected chi connectivity index (χ4v) is 2.65. The number of rotatable bonds is 10. The molecule has 0 saturated carbocycles. The third kappa shape index (κ3) is 11.3. The SMILES string of the molecule is O=C(Nc1ccc(F)cc1F)OCCCCC#CC#CCCCCOC(=O)Nc1ccc(F)cc1F. The first kappa shape index (κ1) is 28.1. The molecule has 2 N–H and O–H groups in total. The molecule has 2 rings (SSSR count). The molecule has 6 nitrogen and oxygen atoms in total. The number of benzene rings is 2. The van der Waals surface area contributed by atoms with Crippen LogP contribution >= 0.6 is 0 Å². The molecule has 0 saturated heterocycles. The molecule has 0 aromatic heterocycles. The van der Waals surface area contributed by atoms with Gasteiger partial charge in [-0.25, -0.2) is 27.2 Å². The van der Waals surface area contributed by atoms with Crippen LogP contribution in [0, 0.1) is 47.0 Å². The van der Waals surface area contributed by atoms with Crippen molar-refractivity contribution in [1.82, 2.24) is 0 Å². The average molecular weight is 504 g/mol. The van der Waals surface area contributed by atoms with E-state index < -0.39 is 35.5 Å². The molecule has 0 spiro atoms. The summed E-state index contributed by atoms with van der Waals surface area (Å²) in [5.41, 5.74) is -0.329. The van der Waals surface area contributed by atoms with E-state index in [0.717, 1.165) is 24.3 Å². The number of halogens is 4. The minimum absolute atomic E-state index is 0.126. The van der Waals surface area contributed by atoms with Crippen LogP contribution in [0.5, 0.6) is 0 Å². The number of nitrogens with one attached hydrogen (secondary N) is 2. The van der Waals surface area contributed by atoms with Crippen LogP contribution in [0.2, 0.25) is 0 Å². The number of carbonyl (C=O) groups excluding carboxylic acids is 2. The summed E-state index contributed by atoms with van der Waals surface area (Å²) in [7, 11) is 0. The predicted octanol–water partition coefficient (Wildman–Crippen LogP) is 6.39. The van der Waals surface area contributed by atoms with Crippen molar-refractivity contribution in [3.05, 3.63) is 59.7 Å². The molecule has 0 radical (unpaired) electrons. The Bertz CT molecular complexity index is 1070. The molecule has 0 aliphatic heterocycles. The minimum atomic E-state index is -0.889. The molecule has 0 aliphatic carbocycles. The Morgan fingerprint density at radius 1 is 0.667 bits per heavy atom. The van der Waals surface area contributed by atoms with E-state index in [2.05, 4.69) is 34.3 Å². The Kier molecular flexibility index (Phi) is 12.2. The van der Waals surface area contributed by atoms with E-state index in [1.165, 1.54) is 0 Å². The molecule has 0 bridgehead atoms. The number of ether oxygens (including phenoxy) is 2. The topological polar surface area (TPSA) is 76.7 Å². The van der Waals surface area contributed by atoms with Gasteiger partial charge in [0.2, 0.25) is 0 Å². The van der Waals surface area contributed by atoms with Gasteiger partial charge in [0, 0.05) is 25.0 Å². The lowest BCUT2D eigenvalue weighted by molar-refractivity contribution is 0.158. The van der Waals surface area contributed by atoms with Crippen molar-refractivity contribution in [3.8, 4) is 23.7 Å². The van der Waals surface area contributed by atoms with Gasteiger partial charge in [0.05, 0.1) is 24.6 Å². The maximum Gasteiger partial charge on any atom is 0.411 e. The van der Waals surface area contributed by atoms with E-state index in [1.54, 1.807) is 0 Å². The minimum Gasteiger partial charge on any atom is -0.449 e. The van der Waals surface area contributed by atoms with Crippen LogP contribution in [0.1, 0.15) is 38.5 Å². The fourth-order valence-electron chi connectivity index (χ4n) is 2.65. The van der Waals surface area contributed by atoms with E-state index in [1.807, 2.05) is 0 Å². The highest BCUT2D eigenvalue weighted by Gasteiger charge is 2.09. The largest absolute Gasteiger partial charge is 0.449 e. The molecule has 0 fully saturated rings. The molecule has 0 aliphatic rings. The highest BCUT2D eigenvalue weighted by molar-refractivity contribution is 5.85. The molecular formula is C26H24F4N2O4. The van der Waals surface area contributed by atoms with Crippen LogP contribution in [0.3, 0.4) is 0 Å². The van der Waals surface area contributed by atoms with Gasteiger partial charge in [-0.1, -0.05) is 11.8 Å². The molecule has 0 atom stereocenters. The Morgan fingerprint density at radius 2 is 1.08 bits per heavy atom. The van der Waals surface area contributed by atoms with E-state index in [9.17, 15) is 27.2 Å². The van der Waals surface area contributed by atoms with Crippen LogP contribution < -0.4 is 10.6 Å². The van der Waals surface area contributed by atoms with Gasteiger partial charge in [0.25, 0.3) is 0 Å². The number of hydrogen-bond acceptors (Lipinski definition) is 4. The van der Waals surface area contributed by atoms with Gasteiger partial charge >= 0.3 is 12.2 Å². The summed E-state index contributed by atoms with van der Waals surface area (Å²) in [6.07, 6.45) is 1.93. The maximum absolute atomic E-state index is 13.4. The van der Waals surface area contributed by atoms with Crippen LogP contribution in [0.15, 0.2) is 36.4 Å². The van der Waals surface area contributed by atoms with Crippen molar-refractivity contribution < 1.29 is 36.6 Å². The van der Waals surface area contributed by atoms with E-state index in [4.69, 9.17) is 9.47 Å². The summed E-state index contributed by atoms with van der Waals surface area (Å²) >= 11 is 0. The van der Waals surface area contributed by atoms with Gasteiger partial charge in [-0.3, -0.25) is 10.6 Å². The lowest BCUT2D eigenvalue weighted by Crippen LogP contribution is -2.15. The van der Waals surface area contributed by atoms with Crippen molar-refractivity contribution in [3.63, 3.8) is 0 Å². The average Bonchev–Trinajstić information content (AvgIpc) is 2.83. The van der Waals surface area contributed by atoms with Gasteiger partial charge in [-0.05, 0) is 61.8 Å². The first-order chi connectivity index (χ1) is 17.3. The molecule has 10 heteroatoms. The molecular weight excluding hydrogens is 480 g/mol. The van der Waals surface area contributed by atoms with Crippen molar-refractivity contribution >= 4 is 23.6 Å². The van der Waals surface area contributed by atoms with Crippen LogP contribution in [-0.4, -0.2) is 25.4 Å². The van der Waals surface area contributed by atoms with Gasteiger partial charge < -0.3 is 9.47 Å². The Labute approximate surface area is 206 Å². The van der Waals surface area contributed by atoms with Gasteiger partial charge in [-0.2, -0.15) is 0 Å². The second-order valence-corrected chi connectivity index (χ2v) is 7.29. The molecule has 2 aromatic carbocycles. The summed E-state index contributed by atoms with van der Waals surface area (Å²) in [4.78, 5) is 23.2. The molecule has 36 heavy (non-hydrogen) atoms. The number of unbranched alkanes of at least 4 members (excludes halogenated alkanes) is 4. The Balaban J connectivity index is 1.46. The summed E-state index contributed by atoms with van der Waals surface area (Å²) in [5.74, 6) is 7.92. The van der Waals surface area contributed by atoms with Crippen LogP contribution in [-0.2, 0) is 9.47 Å². The lowest BCUT2D eigenvalue weighted by Gasteiger charge is -2.07. The van der Waals surface area contributed by atoms with Crippen molar-refractivity contribution in [2.75, 3.05) is 23.8 Å². The van der Waals surface area contributed by atoms with Crippen LogP contribution in [0.25, 0.3) is 0 Å². The highest BCUT2D eigenvalue weighted by Crippen LogP contribution is 2.16. The van der Waals surface area contributed by atoms with Crippen LogP contribution in [0.4, 0.5) is 38.5 Å². The standard InChI is InChI=1S/C26H24F4N2O4/c27-19-11-13-23(21(29)17-19)31-25(33)35-15-9-7-5-3-1-2-4-6-8-10-16-36-26(34)32-24-14-12-20(28)18-22(24)30/h11-14,17-18H,5-10,15-16H2,(H,31,33)(H,32,34). The first-order valence-corrected chi connectivity index (χ1v) is 11.1. The molecule has 2 amide bonds. The summed E-state index contributed by atoms with van der Waals surface area (Å²) in [6, 6.07) is 5.59. The van der Waals surface area contributed by atoms with Crippen molar-refractivity contribution in [2.24, 2.45) is 0 Å². The van der Waals surface area contributed by atoms with E-state index in [0.29, 0.717) is 50.7 Å². The smallest absolute Gasteiger partial charge is 0.411 e. The highest BCUT2D eigenvalue weighted by atomic mass is 19.1. The van der Waals surface area contributed by atoms with Gasteiger partial charge in [0.15, 0.2) is 0 Å². The van der Waals surface area contributed by atoms with E-state index in [-0.39, 0.29) is 24.6 Å². The Morgan fingerprint density at radius 3 is 1.47 bits per heavy atom. The summed E-state index contributed by atoms with van der Waals surface area (Å²) < 4.78 is 62.4. The molecule has 0 unspecified atom stereocenters. The number of carbonyl (C=O) groups is 2. The molecule has 190 valence electrons. The monoisotopic (exact) mass is 504 g/mol. The normalized spacial score (nSPS) is 9.78. The lowest BCUT2D eigenvalue weighted by atomic mass is 10.2. The van der Waals surface area contributed by atoms with Crippen molar-refractivity contribution in [2.45, 2.75) is 38.5 Å². The predicted molar refractivity (Wildman–Crippen MR) is 126 cm³/mol. The third-order valence-corrected chi connectivity index (χ3v) is 4.43. The van der Waals surface area contributed by atoms with Gasteiger partial charge in [0.1, 0.15) is 23.3 Å². The van der Waals surface area contributed by atoms with Crippen molar-refractivity contribution in [1.29, 1.82) is 0 Å². The van der Waals surface area contributed by atoms with Gasteiger partial charge in [-0.15, -0.1) is 0 Å². The Hall–Kier alpha value is -4.18. The second kappa shape index (κ2) is 15.7. The zero-order valence-electron chi connectivity index (χ0n) is 19.3.